The van der Waals surface area contributed by atoms with Crippen molar-refractivity contribution in [3.63, 3.8) is 0 Å². The van der Waals surface area contributed by atoms with Crippen LogP contribution in [0.15, 0.2) is 0 Å². The van der Waals surface area contributed by atoms with E-state index in [2.05, 4.69) is 11.8 Å². The molecule has 0 spiro atoms. The monoisotopic (exact) mass is 245 g/mol. The van der Waals surface area contributed by atoms with Gasteiger partial charge in [0.2, 0.25) is 5.91 Å². The highest BCUT2D eigenvalue weighted by molar-refractivity contribution is 7.99. The maximum Gasteiger partial charge on any atom is 0.223 e. The first-order valence-corrected chi connectivity index (χ1v) is 6.95. The summed E-state index contributed by atoms with van der Waals surface area (Å²) in [6, 6.07) is 0.730. The lowest BCUT2D eigenvalue weighted by atomic mass is 10.1. The molecule has 16 heavy (non-hydrogen) atoms. The van der Waals surface area contributed by atoms with Crippen molar-refractivity contribution in [3.05, 3.63) is 0 Å². The lowest BCUT2D eigenvalue weighted by Crippen LogP contribution is -2.51. The molecule has 0 bridgehead atoms. The van der Waals surface area contributed by atoms with E-state index in [1.54, 1.807) is 19.0 Å². The fourth-order valence-corrected chi connectivity index (χ4v) is 3.04. The molecule has 1 heterocycles. The fourth-order valence-electron chi connectivity index (χ4n) is 2.00. The van der Waals surface area contributed by atoms with Gasteiger partial charge in [-0.05, 0) is 6.92 Å². The summed E-state index contributed by atoms with van der Waals surface area (Å²) in [6.45, 7) is 3.83. The molecule has 1 fully saturated rings. The van der Waals surface area contributed by atoms with Crippen LogP contribution in [0.1, 0.15) is 13.3 Å². The number of nitrogens with zero attached hydrogens (tertiary/aromatic N) is 2. The van der Waals surface area contributed by atoms with E-state index in [9.17, 15) is 4.79 Å². The minimum Gasteiger partial charge on any atom is -0.349 e. The normalized spacial score (nSPS) is 24.1. The summed E-state index contributed by atoms with van der Waals surface area (Å²) in [5.74, 6) is 2.46. The molecular formula is C11H23N3OS. The van der Waals surface area contributed by atoms with Crippen molar-refractivity contribution in [2.75, 3.05) is 38.7 Å². The van der Waals surface area contributed by atoms with Gasteiger partial charge < -0.3 is 10.6 Å². The lowest BCUT2D eigenvalue weighted by molar-refractivity contribution is -0.130. The smallest absolute Gasteiger partial charge is 0.223 e. The third-order valence-corrected chi connectivity index (χ3v) is 4.26. The van der Waals surface area contributed by atoms with Gasteiger partial charge in [-0.25, -0.2) is 0 Å². The second-order valence-corrected chi connectivity index (χ2v) is 5.69. The van der Waals surface area contributed by atoms with Crippen LogP contribution in [0.4, 0.5) is 0 Å². The second-order valence-electron chi connectivity index (χ2n) is 4.54. The molecule has 5 heteroatoms. The molecule has 1 amide bonds. The van der Waals surface area contributed by atoms with Crippen LogP contribution in [0.25, 0.3) is 0 Å². The lowest BCUT2D eigenvalue weighted by Gasteiger charge is -2.39. The highest BCUT2D eigenvalue weighted by Gasteiger charge is 2.27. The largest absolute Gasteiger partial charge is 0.349 e. The van der Waals surface area contributed by atoms with E-state index in [0.717, 1.165) is 18.1 Å². The summed E-state index contributed by atoms with van der Waals surface area (Å²) in [5.41, 5.74) is 5.80. The van der Waals surface area contributed by atoms with Gasteiger partial charge >= 0.3 is 0 Å². The molecule has 94 valence electrons. The van der Waals surface area contributed by atoms with E-state index in [1.807, 2.05) is 11.8 Å². The number of amides is 1. The molecule has 0 aromatic heterocycles. The van der Waals surface area contributed by atoms with E-state index in [-0.39, 0.29) is 11.9 Å². The molecule has 2 N–H and O–H groups in total. The minimum atomic E-state index is 0.167. The number of carbonyl (C=O) groups excluding carboxylic acids is 1. The molecule has 1 aliphatic rings. The van der Waals surface area contributed by atoms with Gasteiger partial charge in [0.15, 0.2) is 0 Å². The first-order chi connectivity index (χ1) is 7.56. The Morgan fingerprint density at radius 1 is 1.62 bits per heavy atom. The maximum absolute atomic E-state index is 11.7. The van der Waals surface area contributed by atoms with Crippen molar-refractivity contribution in [2.24, 2.45) is 5.73 Å². The number of thioether (sulfide) groups is 1. The Morgan fingerprint density at radius 3 is 2.81 bits per heavy atom. The van der Waals surface area contributed by atoms with E-state index in [0.29, 0.717) is 19.0 Å². The number of rotatable bonds is 4. The fraction of sp³-hybridized carbons (Fsp3) is 0.909. The van der Waals surface area contributed by atoms with Crippen LogP contribution in [-0.4, -0.2) is 66.5 Å². The second kappa shape index (κ2) is 6.47. The third kappa shape index (κ3) is 3.64. The zero-order chi connectivity index (χ0) is 12.1. The Hall–Kier alpha value is -0.260. The van der Waals surface area contributed by atoms with Crippen molar-refractivity contribution in [2.45, 2.75) is 25.4 Å². The van der Waals surface area contributed by atoms with Crippen molar-refractivity contribution in [1.29, 1.82) is 0 Å². The summed E-state index contributed by atoms with van der Waals surface area (Å²) in [5, 5.41) is 0. The van der Waals surface area contributed by atoms with Crippen molar-refractivity contribution in [3.8, 4) is 0 Å². The third-order valence-electron chi connectivity index (χ3n) is 3.07. The van der Waals surface area contributed by atoms with Crippen LogP contribution in [-0.2, 0) is 4.79 Å². The molecular weight excluding hydrogens is 222 g/mol. The minimum absolute atomic E-state index is 0.167. The van der Waals surface area contributed by atoms with Crippen LogP contribution in [0.3, 0.4) is 0 Å². The number of hydrogen-bond donors (Lipinski definition) is 1. The zero-order valence-electron chi connectivity index (χ0n) is 10.5. The van der Waals surface area contributed by atoms with Gasteiger partial charge in [-0.1, -0.05) is 0 Å². The predicted molar refractivity (Wildman–Crippen MR) is 69.6 cm³/mol. The average Bonchev–Trinajstić information content (AvgIpc) is 2.26. The quantitative estimate of drug-likeness (QED) is 0.770. The molecule has 2 unspecified atom stereocenters. The zero-order valence-corrected chi connectivity index (χ0v) is 11.3. The maximum atomic E-state index is 11.7. The molecule has 4 nitrogen and oxygen atoms in total. The summed E-state index contributed by atoms with van der Waals surface area (Å²) in [7, 11) is 3.59. The summed E-state index contributed by atoms with van der Waals surface area (Å²) in [4.78, 5) is 15.7. The Balaban J connectivity index is 2.55. The molecule has 0 radical (unpaired) electrons. The average molecular weight is 245 g/mol. The molecule has 1 saturated heterocycles. The molecule has 0 aromatic carbocycles. The van der Waals surface area contributed by atoms with Crippen molar-refractivity contribution >= 4 is 17.7 Å². The van der Waals surface area contributed by atoms with Gasteiger partial charge in [0.1, 0.15) is 0 Å². The van der Waals surface area contributed by atoms with E-state index >= 15 is 0 Å². The Labute approximate surface area is 103 Å². The van der Waals surface area contributed by atoms with Crippen LogP contribution >= 0.6 is 11.8 Å². The number of carbonyl (C=O) groups is 1. The number of nitrogens with two attached hydrogens (primary N) is 1. The van der Waals surface area contributed by atoms with Gasteiger partial charge in [0.05, 0.1) is 0 Å². The van der Waals surface area contributed by atoms with Gasteiger partial charge in [-0.3, -0.25) is 9.69 Å². The van der Waals surface area contributed by atoms with E-state index in [4.69, 9.17) is 5.73 Å². The summed E-state index contributed by atoms with van der Waals surface area (Å²) >= 11 is 1.98. The topological polar surface area (TPSA) is 49.6 Å². The number of hydrogen-bond acceptors (Lipinski definition) is 4. The molecule has 2 atom stereocenters. The molecule has 0 aromatic rings. The summed E-state index contributed by atoms with van der Waals surface area (Å²) in [6.07, 6.45) is 0.540. The van der Waals surface area contributed by atoms with Crippen LogP contribution < -0.4 is 5.73 Å². The molecule has 1 aliphatic heterocycles. The predicted octanol–water partition coefficient (Wildman–Crippen LogP) is 0.229. The highest BCUT2D eigenvalue weighted by atomic mass is 32.2. The van der Waals surface area contributed by atoms with Gasteiger partial charge in [-0.2, -0.15) is 11.8 Å². The van der Waals surface area contributed by atoms with Crippen LogP contribution in [0, 0.1) is 0 Å². The van der Waals surface area contributed by atoms with Gasteiger partial charge in [-0.15, -0.1) is 0 Å². The van der Waals surface area contributed by atoms with Crippen molar-refractivity contribution in [1.82, 2.24) is 9.80 Å². The Bertz CT molecular complexity index is 235. The van der Waals surface area contributed by atoms with E-state index in [1.165, 1.54) is 0 Å². The van der Waals surface area contributed by atoms with Crippen LogP contribution in [0.2, 0.25) is 0 Å². The highest BCUT2D eigenvalue weighted by Crippen LogP contribution is 2.19. The first kappa shape index (κ1) is 13.8. The molecule has 0 aliphatic carbocycles. The molecule has 1 rings (SSSR count). The first-order valence-electron chi connectivity index (χ1n) is 5.80. The van der Waals surface area contributed by atoms with Gasteiger partial charge in [0.25, 0.3) is 0 Å². The van der Waals surface area contributed by atoms with E-state index < -0.39 is 0 Å². The molecule has 0 saturated carbocycles. The van der Waals surface area contributed by atoms with Crippen LogP contribution in [0.5, 0.6) is 0 Å². The summed E-state index contributed by atoms with van der Waals surface area (Å²) < 4.78 is 0. The van der Waals surface area contributed by atoms with Gasteiger partial charge in [0, 0.05) is 57.2 Å². The van der Waals surface area contributed by atoms with Crippen molar-refractivity contribution < 1.29 is 4.79 Å². The standard InChI is InChI=1S/C11H23N3OS/c1-9-8-16-5-4-14(9)10(7-12)6-11(15)13(2)3/h9-10H,4-8,12H2,1-3H3. The Morgan fingerprint density at radius 2 is 2.31 bits per heavy atom. The SMILES string of the molecule is CC1CSCCN1C(CN)CC(=O)N(C)C. The Kier molecular flexibility index (Phi) is 5.58.